The minimum absolute atomic E-state index is 0.0463. The van der Waals surface area contributed by atoms with Crippen LogP contribution in [0.4, 0.5) is 8.78 Å². The molecule has 1 aromatic carbocycles. The Hall–Kier alpha value is -1.16. The first-order valence-electron chi connectivity index (χ1n) is 7.28. The Morgan fingerprint density at radius 1 is 1.24 bits per heavy atom. The van der Waals surface area contributed by atoms with Crippen LogP contribution in [0.25, 0.3) is 0 Å². The molecule has 0 atom stereocenters. The van der Waals surface area contributed by atoms with Gasteiger partial charge in [-0.25, -0.2) is 8.78 Å². The van der Waals surface area contributed by atoms with Gasteiger partial charge in [-0.15, -0.1) is 11.6 Å². The first-order chi connectivity index (χ1) is 10.0. The van der Waals surface area contributed by atoms with Crippen LogP contribution in [0.3, 0.4) is 0 Å². The van der Waals surface area contributed by atoms with Crippen LogP contribution in [0.5, 0.6) is 0 Å². The number of benzene rings is 1. The molecule has 116 valence electrons. The second-order valence-corrected chi connectivity index (χ2v) is 5.94. The lowest BCUT2D eigenvalue weighted by atomic mass is 9.86. The van der Waals surface area contributed by atoms with Gasteiger partial charge in [0.1, 0.15) is 0 Å². The zero-order valence-electron chi connectivity index (χ0n) is 11.9. The van der Waals surface area contributed by atoms with Gasteiger partial charge in [0, 0.05) is 37.7 Å². The van der Waals surface area contributed by atoms with Crippen LogP contribution in [0, 0.1) is 5.92 Å². The number of amides is 1. The average Bonchev–Trinajstić information content (AvgIpc) is 2.47. The smallest absolute Gasteiger partial charge is 0.248 e. The molecule has 0 spiro atoms. The molecule has 1 aliphatic rings. The molecular formula is C16H20ClF2NO. The number of nitrogens with zero attached hydrogens (tertiary/aromatic N) is 1. The first kappa shape index (κ1) is 16.2. The van der Waals surface area contributed by atoms with E-state index in [9.17, 15) is 13.6 Å². The van der Waals surface area contributed by atoms with Crippen LogP contribution in [-0.2, 0) is 11.3 Å². The van der Waals surface area contributed by atoms with Crippen LogP contribution >= 0.6 is 11.6 Å². The van der Waals surface area contributed by atoms with Crippen LogP contribution in [0.2, 0.25) is 0 Å². The van der Waals surface area contributed by atoms with Crippen molar-refractivity contribution < 1.29 is 13.6 Å². The van der Waals surface area contributed by atoms with E-state index in [1.54, 1.807) is 4.90 Å². The minimum atomic E-state index is -2.60. The summed E-state index contributed by atoms with van der Waals surface area (Å²) >= 11 is 5.78. The summed E-state index contributed by atoms with van der Waals surface area (Å²) in [4.78, 5) is 14.2. The molecule has 1 aromatic rings. The van der Waals surface area contributed by atoms with E-state index in [1.165, 1.54) is 0 Å². The van der Waals surface area contributed by atoms with Gasteiger partial charge in [0.25, 0.3) is 0 Å². The van der Waals surface area contributed by atoms with Crippen molar-refractivity contribution in [2.45, 2.75) is 38.2 Å². The van der Waals surface area contributed by atoms with Crippen molar-refractivity contribution in [1.29, 1.82) is 0 Å². The molecule has 1 amide bonds. The first-order valence-corrected chi connectivity index (χ1v) is 7.82. The van der Waals surface area contributed by atoms with E-state index in [4.69, 9.17) is 11.6 Å². The predicted octanol–water partition coefficient (Wildman–Crippen LogP) is 4.08. The van der Waals surface area contributed by atoms with Crippen LogP contribution < -0.4 is 0 Å². The highest BCUT2D eigenvalue weighted by Gasteiger charge is 2.38. The van der Waals surface area contributed by atoms with Crippen molar-refractivity contribution in [2.24, 2.45) is 5.92 Å². The molecule has 5 heteroatoms. The third-order valence-electron chi connectivity index (χ3n) is 3.95. The molecule has 2 rings (SSSR count). The minimum Gasteiger partial charge on any atom is -0.337 e. The van der Waals surface area contributed by atoms with Crippen LogP contribution in [0.15, 0.2) is 30.3 Å². The van der Waals surface area contributed by atoms with Gasteiger partial charge in [0.2, 0.25) is 11.8 Å². The molecule has 0 bridgehead atoms. The summed E-state index contributed by atoms with van der Waals surface area (Å²) in [5.41, 5.74) is 1.03. The fourth-order valence-corrected chi connectivity index (χ4v) is 2.92. The van der Waals surface area contributed by atoms with E-state index < -0.39 is 5.92 Å². The summed E-state index contributed by atoms with van der Waals surface area (Å²) in [5.74, 6) is -2.60. The predicted molar refractivity (Wildman–Crippen MR) is 79.5 cm³/mol. The maximum Gasteiger partial charge on any atom is 0.248 e. The topological polar surface area (TPSA) is 20.3 Å². The lowest BCUT2D eigenvalue weighted by molar-refractivity contribution is -0.140. The highest BCUT2D eigenvalue weighted by Crippen LogP contribution is 2.37. The quantitative estimate of drug-likeness (QED) is 0.750. The van der Waals surface area contributed by atoms with Gasteiger partial charge < -0.3 is 4.90 Å². The van der Waals surface area contributed by atoms with Gasteiger partial charge in [0.15, 0.2) is 0 Å². The molecule has 1 saturated carbocycles. The molecule has 0 aliphatic heterocycles. The normalized spacial score (nSPS) is 18.4. The van der Waals surface area contributed by atoms with Crippen molar-refractivity contribution in [1.82, 2.24) is 4.90 Å². The molecule has 0 heterocycles. The molecule has 2 nitrogen and oxygen atoms in total. The van der Waals surface area contributed by atoms with Crippen LogP contribution in [-0.4, -0.2) is 29.2 Å². The highest BCUT2D eigenvalue weighted by atomic mass is 35.5. The van der Waals surface area contributed by atoms with Crippen molar-refractivity contribution in [3.05, 3.63) is 35.9 Å². The summed E-state index contributed by atoms with van der Waals surface area (Å²) in [5, 5.41) is 0. The Kier molecular flexibility index (Phi) is 5.57. The largest absolute Gasteiger partial charge is 0.337 e. The molecule has 0 radical (unpaired) electrons. The second-order valence-electron chi connectivity index (χ2n) is 5.56. The van der Waals surface area contributed by atoms with Crippen LogP contribution in [0.1, 0.15) is 31.2 Å². The van der Waals surface area contributed by atoms with Gasteiger partial charge >= 0.3 is 0 Å². The highest BCUT2D eigenvalue weighted by molar-refractivity contribution is 6.18. The van der Waals surface area contributed by atoms with Gasteiger partial charge in [-0.05, 0) is 18.4 Å². The molecule has 0 saturated heterocycles. The number of hydrogen-bond donors (Lipinski definition) is 0. The van der Waals surface area contributed by atoms with E-state index in [0.29, 0.717) is 19.0 Å². The average molecular weight is 316 g/mol. The molecular weight excluding hydrogens is 296 g/mol. The summed E-state index contributed by atoms with van der Waals surface area (Å²) in [6.45, 7) is 0.932. The van der Waals surface area contributed by atoms with Gasteiger partial charge in [0.05, 0.1) is 0 Å². The summed E-state index contributed by atoms with van der Waals surface area (Å²) < 4.78 is 26.4. The fraction of sp³-hybridized carbons (Fsp3) is 0.562. The Balaban J connectivity index is 1.99. The fourth-order valence-electron chi connectivity index (χ4n) is 2.72. The molecule has 21 heavy (non-hydrogen) atoms. The molecule has 0 unspecified atom stereocenters. The Bertz CT molecular complexity index is 457. The number of carbonyl (C=O) groups is 1. The zero-order chi connectivity index (χ0) is 15.3. The number of halogens is 3. The Morgan fingerprint density at radius 3 is 2.43 bits per heavy atom. The Morgan fingerprint density at radius 2 is 1.86 bits per heavy atom. The van der Waals surface area contributed by atoms with Gasteiger partial charge in [-0.2, -0.15) is 0 Å². The molecule has 1 fully saturated rings. The number of alkyl halides is 3. The van der Waals surface area contributed by atoms with E-state index in [1.807, 2.05) is 30.3 Å². The van der Waals surface area contributed by atoms with Crippen molar-refractivity contribution in [3.8, 4) is 0 Å². The van der Waals surface area contributed by atoms with E-state index >= 15 is 0 Å². The van der Waals surface area contributed by atoms with Gasteiger partial charge in [-0.1, -0.05) is 30.3 Å². The molecule has 0 N–H and O–H groups in total. The lowest BCUT2D eigenvalue weighted by Crippen LogP contribution is -2.40. The molecule has 1 aliphatic carbocycles. The van der Waals surface area contributed by atoms with E-state index in [2.05, 4.69) is 0 Å². The van der Waals surface area contributed by atoms with Crippen molar-refractivity contribution in [3.63, 3.8) is 0 Å². The third-order valence-corrected chi connectivity index (χ3v) is 4.12. The third kappa shape index (κ3) is 4.67. The summed E-state index contributed by atoms with van der Waals surface area (Å²) in [6, 6.07) is 9.65. The second kappa shape index (κ2) is 7.21. The zero-order valence-corrected chi connectivity index (χ0v) is 12.7. The number of rotatable bonds is 5. The van der Waals surface area contributed by atoms with Crippen molar-refractivity contribution >= 4 is 17.5 Å². The number of hydrogen-bond acceptors (Lipinski definition) is 1. The number of carbonyl (C=O) groups excluding carboxylic acids is 1. The standard InChI is InChI=1S/C16H20ClF2NO/c17-10-11-20(12-13-4-2-1-3-5-13)15(21)14-6-8-16(18,19)9-7-14/h1-5,14H,6-12H2. The monoisotopic (exact) mass is 315 g/mol. The Labute approximate surface area is 129 Å². The molecule has 0 aromatic heterocycles. The lowest BCUT2D eigenvalue weighted by Gasteiger charge is -2.32. The summed E-state index contributed by atoms with van der Waals surface area (Å²) in [7, 11) is 0. The van der Waals surface area contributed by atoms with E-state index in [-0.39, 0.29) is 37.5 Å². The van der Waals surface area contributed by atoms with Crippen molar-refractivity contribution in [2.75, 3.05) is 12.4 Å². The maximum absolute atomic E-state index is 13.2. The summed E-state index contributed by atoms with van der Waals surface area (Å²) in [6.07, 6.45) is 0.145. The van der Waals surface area contributed by atoms with E-state index in [0.717, 1.165) is 5.56 Å². The van der Waals surface area contributed by atoms with Gasteiger partial charge in [-0.3, -0.25) is 4.79 Å². The maximum atomic E-state index is 13.2. The SMILES string of the molecule is O=C(C1CCC(F)(F)CC1)N(CCCl)Cc1ccccc1.